The van der Waals surface area contributed by atoms with Gasteiger partial charge in [0.15, 0.2) is 9.84 Å². The number of carbonyl (C=O) groups is 3. The number of aliphatic carboxylic acids is 1. The van der Waals surface area contributed by atoms with Crippen LogP contribution in [0.4, 0.5) is 4.79 Å². The normalized spacial score (nSPS) is 17.1. The molecule has 0 radical (unpaired) electrons. The van der Waals surface area contributed by atoms with Crippen LogP contribution in [0.2, 0.25) is 10.0 Å². The fraction of sp³-hybridized carbons (Fsp3) is 0.379. The van der Waals surface area contributed by atoms with E-state index in [-0.39, 0.29) is 46.6 Å². The maximum atomic E-state index is 13.4. The number of imidazole rings is 1. The number of aromatic amines is 1. The molecule has 0 spiro atoms. The molecule has 0 saturated heterocycles. The number of aromatic nitrogens is 2. The number of amides is 2. The Labute approximate surface area is 268 Å². The Morgan fingerprint density at radius 3 is 2.31 bits per heavy atom. The van der Waals surface area contributed by atoms with E-state index in [4.69, 9.17) is 28.3 Å². The molecular weight excluding hydrogens is 651 g/mol. The van der Waals surface area contributed by atoms with Gasteiger partial charge in [0.05, 0.1) is 27.4 Å². The van der Waals surface area contributed by atoms with Gasteiger partial charge in [-0.15, -0.1) is 0 Å². The maximum Gasteiger partial charge on any atom is 0.404 e. The van der Waals surface area contributed by atoms with Gasteiger partial charge in [-0.05, 0) is 68.0 Å². The smallest absolute Gasteiger partial charge is 0.404 e. The first kappa shape index (κ1) is 33.9. The Kier molecular flexibility index (Phi) is 10.8. The van der Waals surface area contributed by atoms with Crippen molar-refractivity contribution in [1.29, 1.82) is 0 Å². The van der Waals surface area contributed by atoms with Crippen LogP contribution < -0.4 is 16.3 Å². The summed E-state index contributed by atoms with van der Waals surface area (Å²) in [6.45, 7) is 0.235. The lowest BCUT2D eigenvalue weighted by molar-refractivity contribution is -0.142. The molecule has 1 fully saturated rings. The SMILES string of the molecule is O=C(O)NCCCCc1[nH]c(=O)n(-c2ccc(C[C@H](NC(=O)[C@@H]3CCCC3S(=O)(=O)c3cc(Cl)cc(Cl)c3)C(=O)O)cc2)c1O. The van der Waals surface area contributed by atoms with Crippen LogP contribution in [0.5, 0.6) is 5.88 Å². The molecule has 1 aliphatic carbocycles. The third-order valence-corrected chi connectivity index (χ3v) is 10.4. The molecule has 1 aromatic heterocycles. The molecule has 13 nitrogen and oxygen atoms in total. The summed E-state index contributed by atoms with van der Waals surface area (Å²) in [5.41, 5.74) is 0.520. The van der Waals surface area contributed by atoms with Crippen LogP contribution in [0.3, 0.4) is 0 Å². The molecule has 2 aromatic carbocycles. The number of aryl methyl sites for hydroxylation is 1. The van der Waals surface area contributed by atoms with Crippen molar-refractivity contribution in [2.45, 2.75) is 61.1 Å². The summed E-state index contributed by atoms with van der Waals surface area (Å²) < 4.78 is 27.8. The van der Waals surface area contributed by atoms with Crippen LogP contribution in [0.1, 0.15) is 43.4 Å². The molecule has 45 heavy (non-hydrogen) atoms. The molecule has 0 aliphatic heterocycles. The van der Waals surface area contributed by atoms with Gasteiger partial charge in [0.25, 0.3) is 0 Å². The molecule has 4 rings (SSSR count). The van der Waals surface area contributed by atoms with Gasteiger partial charge in [-0.25, -0.2) is 27.4 Å². The number of H-pyrrole nitrogens is 1. The standard InChI is InChI=1S/C29H32Cl2N4O9S/c30-17-13-18(31)15-20(14-17)45(43,44)24-6-3-4-21(24)25(36)33-23(27(38)39)12-16-7-9-19(10-8-16)35-26(37)22(34-28(35)40)5-1-2-11-32-29(41)42/h7-10,13-15,21,23-24,32,37H,1-6,11-12H2,(H,33,36)(H,34,40)(H,38,39)(H,41,42)/t21-,23+,24?/m1/s1. The Bertz CT molecular complexity index is 1720. The average molecular weight is 684 g/mol. The van der Waals surface area contributed by atoms with Gasteiger partial charge < -0.3 is 30.9 Å². The molecule has 1 aliphatic rings. The number of carbonyl (C=O) groups excluding carboxylic acids is 1. The Hall–Kier alpha value is -4.01. The van der Waals surface area contributed by atoms with Crippen LogP contribution in [0.15, 0.2) is 52.2 Å². The second-order valence-corrected chi connectivity index (χ2v) is 13.8. The number of nitrogens with zero attached hydrogens (tertiary/aromatic N) is 1. The minimum absolute atomic E-state index is 0.104. The van der Waals surface area contributed by atoms with Crippen molar-refractivity contribution >= 4 is 51.0 Å². The third kappa shape index (κ3) is 8.18. The number of unbranched alkanes of at least 4 members (excludes halogenated alkanes) is 1. The van der Waals surface area contributed by atoms with Gasteiger partial charge in [-0.3, -0.25) is 4.79 Å². The molecule has 3 atom stereocenters. The highest BCUT2D eigenvalue weighted by Crippen LogP contribution is 2.36. The molecule has 1 heterocycles. The van der Waals surface area contributed by atoms with Crippen molar-refractivity contribution in [2.24, 2.45) is 5.92 Å². The van der Waals surface area contributed by atoms with E-state index in [1.54, 1.807) is 12.1 Å². The van der Waals surface area contributed by atoms with E-state index in [1.165, 1.54) is 30.3 Å². The molecule has 1 unspecified atom stereocenters. The first-order valence-corrected chi connectivity index (χ1v) is 16.4. The molecule has 1 saturated carbocycles. The molecule has 16 heteroatoms. The minimum atomic E-state index is -3.99. The molecule has 2 amide bonds. The lowest BCUT2D eigenvalue weighted by Gasteiger charge is -2.22. The number of sulfone groups is 1. The van der Waals surface area contributed by atoms with Gasteiger partial charge in [0, 0.05) is 23.0 Å². The van der Waals surface area contributed by atoms with E-state index < -0.39 is 50.7 Å². The third-order valence-electron chi connectivity index (χ3n) is 7.67. The summed E-state index contributed by atoms with van der Waals surface area (Å²) in [4.78, 5) is 50.9. The minimum Gasteiger partial charge on any atom is -0.493 e. The molecule has 6 N–H and O–H groups in total. The number of carboxylic acid groups (broad SMARTS) is 2. The number of benzene rings is 2. The zero-order valence-corrected chi connectivity index (χ0v) is 26.2. The zero-order valence-electron chi connectivity index (χ0n) is 23.8. The molecule has 3 aromatic rings. The highest BCUT2D eigenvalue weighted by atomic mass is 35.5. The summed E-state index contributed by atoms with van der Waals surface area (Å²) in [6.07, 6.45) is 1.01. The highest BCUT2D eigenvalue weighted by molar-refractivity contribution is 7.92. The number of halogens is 2. The largest absolute Gasteiger partial charge is 0.493 e. The number of rotatable bonds is 13. The fourth-order valence-corrected chi connectivity index (χ4v) is 8.23. The second kappa shape index (κ2) is 14.4. The van der Waals surface area contributed by atoms with E-state index in [1.807, 2.05) is 0 Å². The topological polar surface area (TPSA) is 208 Å². The summed E-state index contributed by atoms with van der Waals surface area (Å²) in [7, 11) is -3.99. The van der Waals surface area contributed by atoms with Crippen LogP contribution in [-0.2, 0) is 32.3 Å². The quantitative estimate of drug-likeness (QED) is 0.146. The van der Waals surface area contributed by atoms with Crippen molar-refractivity contribution in [3.63, 3.8) is 0 Å². The Balaban J connectivity index is 1.43. The van der Waals surface area contributed by atoms with Gasteiger partial charge in [-0.2, -0.15) is 0 Å². The molecule has 0 bridgehead atoms. The van der Waals surface area contributed by atoms with Crippen molar-refractivity contribution in [2.75, 3.05) is 6.54 Å². The Morgan fingerprint density at radius 1 is 1.02 bits per heavy atom. The average Bonchev–Trinajstić information content (AvgIpc) is 3.57. The van der Waals surface area contributed by atoms with E-state index >= 15 is 0 Å². The lowest BCUT2D eigenvalue weighted by atomic mass is 10.0. The number of aromatic hydroxyl groups is 1. The van der Waals surface area contributed by atoms with Crippen LogP contribution in [-0.4, -0.2) is 69.1 Å². The summed E-state index contributed by atoms with van der Waals surface area (Å²) >= 11 is 12.0. The Morgan fingerprint density at radius 2 is 1.69 bits per heavy atom. The number of carboxylic acids is 1. The van der Waals surface area contributed by atoms with E-state index in [0.717, 1.165) is 4.57 Å². The van der Waals surface area contributed by atoms with Crippen molar-refractivity contribution in [3.05, 3.63) is 74.3 Å². The van der Waals surface area contributed by atoms with E-state index in [0.29, 0.717) is 42.6 Å². The number of nitrogens with one attached hydrogen (secondary N) is 3. The van der Waals surface area contributed by atoms with Crippen LogP contribution in [0.25, 0.3) is 5.69 Å². The van der Waals surface area contributed by atoms with Crippen LogP contribution in [0, 0.1) is 5.92 Å². The lowest BCUT2D eigenvalue weighted by Crippen LogP contribution is -2.47. The monoisotopic (exact) mass is 682 g/mol. The predicted octanol–water partition coefficient (Wildman–Crippen LogP) is 3.52. The first-order valence-electron chi connectivity index (χ1n) is 14.1. The summed E-state index contributed by atoms with van der Waals surface area (Å²) in [5.74, 6) is -3.26. The summed E-state index contributed by atoms with van der Waals surface area (Å²) in [6, 6.07) is 8.71. The van der Waals surface area contributed by atoms with Gasteiger partial charge in [0.1, 0.15) is 6.04 Å². The fourth-order valence-electron chi connectivity index (χ4n) is 5.47. The van der Waals surface area contributed by atoms with E-state index in [2.05, 4.69) is 15.6 Å². The van der Waals surface area contributed by atoms with Crippen molar-refractivity contribution in [3.8, 4) is 11.6 Å². The van der Waals surface area contributed by atoms with Gasteiger partial charge in [0.2, 0.25) is 11.8 Å². The number of hydrogen-bond donors (Lipinski definition) is 6. The van der Waals surface area contributed by atoms with Gasteiger partial charge in [-0.1, -0.05) is 41.8 Å². The predicted molar refractivity (Wildman–Crippen MR) is 165 cm³/mol. The highest BCUT2D eigenvalue weighted by Gasteiger charge is 2.43. The summed E-state index contributed by atoms with van der Waals surface area (Å²) in [5, 5.41) is 33.0. The van der Waals surface area contributed by atoms with Crippen molar-refractivity contribution in [1.82, 2.24) is 20.2 Å². The van der Waals surface area contributed by atoms with Crippen LogP contribution >= 0.6 is 23.2 Å². The van der Waals surface area contributed by atoms with E-state index in [9.17, 15) is 37.8 Å². The zero-order chi connectivity index (χ0) is 32.9. The van der Waals surface area contributed by atoms with Gasteiger partial charge >= 0.3 is 17.8 Å². The first-order chi connectivity index (χ1) is 21.3. The number of hydrogen-bond acceptors (Lipinski definition) is 7. The second-order valence-electron chi connectivity index (χ2n) is 10.8. The van der Waals surface area contributed by atoms with Crippen molar-refractivity contribution < 1.29 is 38.1 Å². The molecule has 242 valence electrons. The molecular formula is C29H32Cl2N4O9S. The maximum absolute atomic E-state index is 13.4.